The van der Waals surface area contributed by atoms with Crippen LogP contribution in [0.2, 0.25) is 5.21 Å². The van der Waals surface area contributed by atoms with Crippen molar-refractivity contribution >= 4 is 15.7 Å². The summed E-state index contributed by atoms with van der Waals surface area (Å²) >= 11 is 0. The molecule has 0 spiro atoms. The molecule has 98 valence electrons. The Hall–Kier alpha value is -0.130. The lowest BCUT2D eigenvalue weighted by molar-refractivity contribution is 0.223. The van der Waals surface area contributed by atoms with E-state index in [-0.39, 0.29) is 0 Å². The predicted octanol–water partition coefficient (Wildman–Crippen LogP) is 3.43. The molecule has 0 heterocycles. The van der Waals surface area contributed by atoms with Gasteiger partial charge in [-0.2, -0.15) is 0 Å². The van der Waals surface area contributed by atoms with Crippen LogP contribution in [0.15, 0.2) is 12.7 Å². The second-order valence-corrected chi connectivity index (χ2v) is 7.00. The Balaban J connectivity index is 4.64. The fraction of sp³-hybridized carbons (Fsp3) is 0.867. The fourth-order valence-corrected chi connectivity index (χ4v) is 2.74. The molecule has 0 aromatic rings. The van der Waals surface area contributed by atoms with E-state index in [1.807, 2.05) is 0 Å². The molecule has 0 aromatic heterocycles. The molecule has 0 radical (unpaired) electrons. The summed E-state index contributed by atoms with van der Waals surface area (Å²) in [5.41, 5.74) is 0.424. The van der Waals surface area contributed by atoms with Crippen LogP contribution >= 0.6 is 0 Å². The molecule has 0 bridgehead atoms. The van der Waals surface area contributed by atoms with Crippen LogP contribution in [0.5, 0.6) is 0 Å². The second kappa shape index (κ2) is 6.71. The van der Waals surface area contributed by atoms with Gasteiger partial charge in [0.05, 0.1) is 15.7 Å². The summed E-state index contributed by atoms with van der Waals surface area (Å²) < 4.78 is 0. The molecule has 0 aliphatic rings. The van der Waals surface area contributed by atoms with E-state index in [0.717, 1.165) is 11.8 Å². The van der Waals surface area contributed by atoms with Crippen LogP contribution in [-0.2, 0) is 0 Å². The van der Waals surface area contributed by atoms with Gasteiger partial charge in [-0.25, -0.2) is 0 Å². The molecule has 0 nitrogen and oxygen atoms in total. The molecule has 0 saturated heterocycles. The molecular formula is C15H32B2. The van der Waals surface area contributed by atoms with Gasteiger partial charge >= 0.3 is 0 Å². The lowest BCUT2D eigenvalue weighted by atomic mass is 9.39. The molecule has 2 heteroatoms. The number of allylic oxidation sites excluding steroid dienone is 1. The van der Waals surface area contributed by atoms with Gasteiger partial charge < -0.3 is 0 Å². The normalized spacial score (nSPS) is 16.5. The van der Waals surface area contributed by atoms with Crippen molar-refractivity contribution < 1.29 is 0 Å². The maximum Gasteiger partial charge on any atom is 0.0999 e. The first-order valence-corrected chi connectivity index (χ1v) is 7.32. The summed E-state index contributed by atoms with van der Waals surface area (Å²) in [5, 5.41) is 0.412. The minimum atomic E-state index is 0.412. The van der Waals surface area contributed by atoms with Crippen molar-refractivity contribution in [2.45, 2.75) is 65.5 Å². The molecule has 0 amide bonds. The van der Waals surface area contributed by atoms with Gasteiger partial charge in [0.1, 0.15) is 0 Å². The van der Waals surface area contributed by atoms with Crippen LogP contribution in [0.4, 0.5) is 0 Å². The van der Waals surface area contributed by atoms with Crippen molar-refractivity contribution in [3.8, 4) is 0 Å². The van der Waals surface area contributed by atoms with Crippen LogP contribution in [0, 0.1) is 17.3 Å². The summed E-state index contributed by atoms with van der Waals surface area (Å²) in [7, 11) is 4.88. The van der Waals surface area contributed by atoms with Crippen LogP contribution in [0.3, 0.4) is 0 Å². The maximum absolute atomic E-state index is 3.89. The lowest BCUT2D eigenvalue weighted by Gasteiger charge is -2.44. The zero-order valence-corrected chi connectivity index (χ0v) is 13.3. The first-order chi connectivity index (χ1) is 7.71. The van der Waals surface area contributed by atoms with Gasteiger partial charge in [0.15, 0.2) is 0 Å². The van der Waals surface area contributed by atoms with E-state index in [2.05, 4.69) is 63.0 Å². The quantitative estimate of drug-likeness (QED) is 0.445. The molecule has 0 fully saturated rings. The highest BCUT2D eigenvalue weighted by Crippen LogP contribution is 2.48. The molecule has 0 N–H and O–H groups in total. The predicted molar refractivity (Wildman–Crippen MR) is 86.2 cm³/mol. The largest absolute Gasteiger partial charge is 0.103 e. The van der Waals surface area contributed by atoms with E-state index in [4.69, 9.17) is 0 Å². The van der Waals surface area contributed by atoms with E-state index in [1.165, 1.54) is 25.7 Å². The third kappa shape index (κ3) is 4.56. The highest BCUT2D eigenvalue weighted by atomic mass is 14.3. The Labute approximate surface area is 111 Å². The number of rotatable bonds is 8. The first-order valence-electron chi connectivity index (χ1n) is 7.32. The van der Waals surface area contributed by atoms with Gasteiger partial charge in [-0.05, 0) is 23.7 Å². The topological polar surface area (TPSA) is 0 Å². The van der Waals surface area contributed by atoms with Gasteiger partial charge in [-0.1, -0.05) is 65.2 Å². The molecule has 0 aliphatic heterocycles. The van der Waals surface area contributed by atoms with Crippen LogP contribution < -0.4 is 0 Å². The number of hydrogen-bond donors (Lipinski definition) is 0. The van der Waals surface area contributed by atoms with Crippen LogP contribution in [-0.4, -0.2) is 15.7 Å². The van der Waals surface area contributed by atoms with Crippen LogP contribution in [0.1, 0.15) is 60.3 Å². The molecule has 17 heavy (non-hydrogen) atoms. The Morgan fingerprint density at radius 1 is 1.24 bits per heavy atom. The lowest BCUT2D eigenvalue weighted by Crippen LogP contribution is -2.34. The van der Waals surface area contributed by atoms with Crippen molar-refractivity contribution in [2.75, 3.05) is 0 Å². The minimum Gasteiger partial charge on any atom is -0.103 e. The molecular weight excluding hydrogens is 202 g/mol. The van der Waals surface area contributed by atoms with Crippen molar-refractivity contribution in [1.29, 1.82) is 0 Å². The minimum absolute atomic E-state index is 0.412. The van der Waals surface area contributed by atoms with Crippen molar-refractivity contribution in [3.63, 3.8) is 0 Å². The van der Waals surface area contributed by atoms with Crippen molar-refractivity contribution in [3.05, 3.63) is 12.7 Å². The van der Waals surface area contributed by atoms with E-state index >= 15 is 0 Å². The standard InChI is InChI=1S/C15H32B2/c1-7-10-13(8-2)12(4)11-15(16,17)14(5,6)9-3/h7,12-13H,1,8-11,16-17H2,2-6H3. The van der Waals surface area contributed by atoms with E-state index in [1.54, 1.807) is 0 Å². The molecule has 2 unspecified atom stereocenters. The Morgan fingerprint density at radius 2 is 1.76 bits per heavy atom. The summed E-state index contributed by atoms with van der Waals surface area (Å²) in [4.78, 5) is 0. The summed E-state index contributed by atoms with van der Waals surface area (Å²) in [6.07, 6.45) is 7.10. The summed E-state index contributed by atoms with van der Waals surface area (Å²) in [5.74, 6) is 1.60. The third-order valence-corrected chi connectivity index (χ3v) is 5.35. The molecule has 0 aromatic carbocycles. The number of hydrogen-bond acceptors (Lipinski definition) is 0. The zero-order valence-electron chi connectivity index (χ0n) is 13.3. The average molecular weight is 234 g/mol. The monoisotopic (exact) mass is 234 g/mol. The Bertz CT molecular complexity index is 231. The maximum atomic E-state index is 3.89. The van der Waals surface area contributed by atoms with Gasteiger partial charge in [0, 0.05) is 0 Å². The summed E-state index contributed by atoms with van der Waals surface area (Å²) in [6.45, 7) is 15.8. The SMILES string of the molecule is BC(B)(CC(C)C(CC)CC=C)C(C)(C)CC. The van der Waals surface area contributed by atoms with Gasteiger partial charge in [0.25, 0.3) is 0 Å². The smallest absolute Gasteiger partial charge is 0.0999 e. The fourth-order valence-electron chi connectivity index (χ4n) is 2.74. The molecule has 0 saturated carbocycles. The van der Waals surface area contributed by atoms with Crippen molar-refractivity contribution in [2.24, 2.45) is 17.3 Å². The zero-order chi connectivity index (χ0) is 13.7. The first kappa shape index (κ1) is 16.9. The highest BCUT2D eigenvalue weighted by molar-refractivity contribution is 6.40. The average Bonchev–Trinajstić information content (AvgIpc) is 2.24. The second-order valence-electron chi connectivity index (χ2n) is 7.00. The Morgan fingerprint density at radius 3 is 2.12 bits per heavy atom. The highest BCUT2D eigenvalue weighted by Gasteiger charge is 2.36. The summed E-state index contributed by atoms with van der Waals surface area (Å²) in [6, 6.07) is 0. The van der Waals surface area contributed by atoms with E-state index < -0.39 is 0 Å². The van der Waals surface area contributed by atoms with Gasteiger partial charge in [-0.3, -0.25) is 0 Å². The van der Waals surface area contributed by atoms with Gasteiger partial charge in [-0.15, -0.1) is 6.58 Å². The Kier molecular flexibility index (Phi) is 6.66. The third-order valence-electron chi connectivity index (χ3n) is 5.35. The molecule has 0 rings (SSSR count). The van der Waals surface area contributed by atoms with Crippen LogP contribution in [0.25, 0.3) is 0 Å². The molecule has 0 aliphatic carbocycles. The molecule has 2 atom stereocenters. The van der Waals surface area contributed by atoms with E-state index in [9.17, 15) is 0 Å². The van der Waals surface area contributed by atoms with E-state index in [0.29, 0.717) is 10.6 Å². The van der Waals surface area contributed by atoms with Crippen molar-refractivity contribution in [1.82, 2.24) is 0 Å². The van der Waals surface area contributed by atoms with Gasteiger partial charge in [0.2, 0.25) is 0 Å².